The van der Waals surface area contributed by atoms with Crippen LogP contribution in [0.15, 0.2) is 54.8 Å². The number of anilines is 1. The average molecular weight is 392 g/mol. The fourth-order valence-electron chi connectivity index (χ4n) is 3.25. The Morgan fingerprint density at radius 1 is 1.00 bits per heavy atom. The molecule has 6 heteroatoms. The first kappa shape index (κ1) is 20.2. The molecule has 0 saturated heterocycles. The van der Waals surface area contributed by atoms with Crippen LogP contribution in [0.3, 0.4) is 0 Å². The van der Waals surface area contributed by atoms with E-state index in [9.17, 15) is 9.59 Å². The van der Waals surface area contributed by atoms with E-state index in [2.05, 4.69) is 11.9 Å². The van der Waals surface area contributed by atoms with Crippen LogP contribution in [0.5, 0.6) is 11.5 Å². The molecule has 1 aliphatic rings. The summed E-state index contributed by atoms with van der Waals surface area (Å²) in [5.74, 6) is 0.252. The van der Waals surface area contributed by atoms with Crippen molar-refractivity contribution in [1.29, 1.82) is 0 Å². The minimum Gasteiger partial charge on any atom is -0.493 e. The Kier molecular flexibility index (Phi) is 5.73. The second-order valence-electron chi connectivity index (χ2n) is 6.77. The average Bonchev–Trinajstić information content (AvgIpc) is 2.94. The molecule has 0 spiro atoms. The van der Waals surface area contributed by atoms with Crippen molar-refractivity contribution in [2.24, 2.45) is 0 Å². The van der Waals surface area contributed by atoms with Crippen molar-refractivity contribution in [1.82, 2.24) is 4.90 Å². The summed E-state index contributed by atoms with van der Waals surface area (Å²) >= 11 is 0. The molecule has 1 N–H and O–H groups in total. The lowest BCUT2D eigenvalue weighted by molar-refractivity contribution is -0.136. The van der Waals surface area contributed by atoms with Crippen LogP contribution in [0, 0.1) is 13.8 Å². The van der Waals surface area contributed by atoms with Gasteiger partial charge in [0.15, 0.2) is 11.5 Å². The molecule has 150 valence electrons. The Morgan fingerprint density at radius 3 is 2.38 bits per heavy atom. The number of amides is 2. The summed E-state index contributed by atoms with van der Waals surface area (Å²) in [6.07, 6.45) is 1.53. The fraction of sp³-hybridized carbons (Fsp3) is 0.217. The van der Waals surface area contributed by atoms with Crippen LogP contribution in [0.1, 0.15) is 16.7 Å². The summed E-state index contributed by atoms with van der Waals surface area (Å²) in [7, 11) is 3.07. The summed E-state index contributed by atoms with van der Waals surface area (Å²) in [5.41, 5.74) is 3.89. The van der Waals surface area contributed by atoms with Crippen molar-refractivity contribution in [2.75, 3.05) is 26.1 Å². The number of carbonyl (C=O) groups excluding carboxylic acids is 2. The molecule has 0 radical (unpaired) electrons. The molecule has 2 aromatic carbocycles. The maximum atomic E-state index is 13.1. The van der Waals surface area contributed by atoms with Gasteiger partial charge in [0, 0.05) is 12.2 Å². The van der Waals surface area contributed by atoms with Crippen molar-refractivity contribution >= 4 is 23.1 Å². The number of imide groups is 1. The molecule has 0 fully saturated rings. The van der Waals surface area contributed by atoms with Crippen molar-refractivity contribution in [3.63, 3.8) is 0 Å². The lowest BCUT2D eigenvalue weighted by Gasteiger charge is -2.13. The highest BCUT2D eigenvalue weighted by Gasteiger charge is 2.39. The van der Waals surface area contributed by atoms with E-state index in [0.717, 1.165) is 16.8 Å². The number of nitrogens with zero attached hydrogens (tertiary/aromatic N) is 1. The number of rotatable bonds is 7. The number of aryl methyl sites for hydroxylation is 2. The molecule has 0 unspecified atom stereocenters. The highest BCUT2D eigenvalue weighted by Crippen LogP contribution is 2.36. The normalized spacial score (nSPS) is 13.7. The molecule has 6 nitrogen and oxygen atoms in total. The predicted molar refractivity (Wildman–Crippen MR) is 113 cm³/mol. The van der Waals surface area contributed by atoms with Crippen molar-refractivity contribution in [3.05, 3.63) is 71.4 Å². The van der Waals surface area contributed by atoms with Gasteiger partial charge in [0.25, 0.3) is 11.8 Å². The van der Waals surface area contributed by atoms with Gasteiger partial charge in [0.05, 0.1) is 19.8 Å². The van der Waals surface area contributed by atoms with E-state index in [1.807, 2.05) is 32.0 Å². The van der Waals surface area contributed by atoms with Gasteiger partial charge in [-0.2, -0.15) is 0 Å². The van der Waals surface area contributed by atoms with E-state index in [0.29, 0.717) is 22.6 Å². The third kappa shape index (κ3) is 3.74. The van der Waals surface area contributed by atoms with Gasteiger partial charge in [-0.1, -0.05) is 24.3 Å². The van der Waals surface area contributed by atoms with Crippen LogP contribution in [-0.2, 0) is 9.59 Å². The highest BCUT2D eigenvalue weighted by molar-refractivity contribution is 6.36. The molecular formula is C23H24N2O4. The molecule has 0 aromatic heterocycles. The highest BCUT2D eigenvalue weighted by atomic mass is 16.5. The van der Waals surface area contributed by atoms with E-state index in [-0.39, 0.29) is 24.1 Å². The van der Waals surface area contributed by atoms with E-state index in [4.69, 9.17) is 9.47 Å². The van der Waals surface area contributed by atoms with Gasteiger partial charge in [-0.05, 0) is 48.7 Å². The number of methoxy groups -OCH3 is 2. The Labute approximate surface area is 170 Å². The van der Waals surface area contributed by atoms with Crippen LogP contribution in [0.2, 0.25) is 0 Å². The van der Waals surface area contributed by atoms with Gasteiger partial charge in [-0.15, -0.1) is 6.58 Å². The zero-order valence-electron chi connectivity index (χ0n) is 17.0. The quantitative estimate of drug-likeness (QED) is 0.575. The van der Waals surface area contributed by atoms with Crippen molar-refractivity contribution in [2.45, 2.75) is 13.8 Å². The van der Waals surface area contributed by atoms with Crippen LogP contribution in [-0.4, -0.2) is 37.5 Å². The first-order chi connectivity index (χ1) is 13.9. The van der Waals surface area contributed by atoms with Crippen molar-refractivity contribution < 1.29 is 19.1 Å². The summed E-state index contributed by atoms with van der Waals surface area (Å²) in [5, 5.41) is 3.19. The van der Waals surface area contributed by atoms with Gasteiger partial charge in [0.1, 0.15) is 5.70 Å². The molecule has 29 heavy (non-hydrogen) atoms. The molecule has 0 saturated carbocycles. The van der Waals surface area contributed by atoms with E-state index in [1.165, 1.54) is 18.1 Å². The van der Waals surface area contributed by atoms with Gasteiger partial charge < -0.3 is 14.8 Å². The van der Waals surface area contributed by atoms with Crippen LogP contribution < -0.4 is 14.8 Å². The molecule has 3 rings (SSSR count). The molecule has 2 aromatic rings. The smallest absolute Gasteiger partial charge is 0.278 e. The second-order valence-corrected chi connectivity index (χ2v) is 6.77. The lowest BCUT2D eigenvalue weighted by Crippen LogP contribution is -2.32. The fourth-order valence-corrected chi connectivity index (χ4v) is 3.25. The zero-order chi connectivity index (χ0) is 21.1. The largest absolute Gasteiger partial charge is 0.493 e. The van der Waals surface area contributed by atoms with E-state index in [1.54, 1.807) is 25.3 Å². The van der Waals surface area contributed by atoms with Crippen LogP contribution >= 0.6 is 0 Å². The monoisotopic (exact) mass is 392 g/mol. The maximum absolute atomic E-state index is 13.1. The number of carbonyl (C=O) groups is 2. The van der Waals surface area contributed by atoms with E-state index < -0.39 is 0 Å². The number of hydrogen-bond acceptors (Lipinski definition) is 5. The minimum atomic E-state index is -0.388. The topological polar surface area (TPSA) is 67.9 Å². The van der Waals surface area contributed by atoms with Crippen LogP contribution in [0.25, 0.3) is 5.57 Å². The Bertz CT molecular complexity index is 1020. The SMILES string of the molecule is C=CCN1C(=O)C(Nc2cc(C)ccc2C)=C(c2ccc(OC)c(OC)c2)C1=O. The minimum absolute atomic E-state index is 0.131. The predicted octanol–water partition coefficient (Wildman–Crippen LogP) is 3.70. The number of hydrogen-bond donors (Lipinski definition) is 1. The molecule has 1 heterocycles. The van der Waals surface area contributed by atoms with Gasteiger partial charge in [-0.3, -0.25) is 14.5 Å². The Hall–Kier alpha value is -3.54. The standard InChI is InChI=1S/C23H24N2O4/c1-6-11-25-22(26)20(16-9-10-18(28-4)19(13-16)29-5)21(23(25)27)24-17-12-14(2)7-8-15(17)3/h6-10,12-13,24H,1,11H2,2-5H3. The molecule has 2 amide bonds. The Balaban J connectivity index is 2.16. The summed E-state index contributed by atoms with van der Waals surface area (Å²) in [4.78, 5) is 27.3. The maximum Gasteiger partial charge on any atom is 0.278 e. The third-order valence-electron chi connectivity index (χ3n) is 4.80. The lowest BCUT2D eigenvalue weighted by atomic mass is 10.0. The first-order valence-electron chi connectivity index (χ1n) is 9.19. The Morgan fingerprint density at radius 2 is 1.72 bits per heavy atom. The van der Waals surface area contributed by atoms with E-state index >= 15 is 0 Å². The zero-order valence-corrected chi connectivity index (χ0v) is 17.0. The molecule has 0 bridgehead atoms. The molecular weight excluding hydrogens is 368 g/mol. The van der Waals surface area contributed by atoms with Gasteiger partial charge in [-0.25, -0.2) is 0 Å². The molecule has 0 atom stereocenters. The summed E-state index contributed by atoms with van der Waals surface area (Å²) < 4.78 is 10.6. The van der Waals surface area contributed by atoms with Gasteiger partial charge >= 0.3 is 0 Å². The molecule has 1 aliphatic heterocycles. The summed E-state index contributed by atoms with van der Waals surface area (Å²) in [6.45, 7) is 7.70. The molecule has 0 aliphatic carbocycles. The number of nitrogens with one attached hydrogen (secondary N) is 1. The van der Waals surface area contributed by atoms with Crippen LogP contribution in [0.4, 0.5) is 5.69 Å². The van der Waals surface area contributed by atoms with Gasteiger partial charge in [0.2, 0.25) is 0 Å². The third-order valence-corrected chi connectivity index (χ3v) is 4.80. The summed E-state index contributed by atoms with van der Waals surface area (Å²) in [6, 6.07) is 11.1. The first-order valence-corrected chi connectivity index (χ1v) is 9.19. The number of benzene rings is 2. The second kappa shape index (κ2) is 8.22. The number of ether oxygens (including phenoxy) is 2. The van der Waals surface area contributed by atoms with Crippen molar-refractivity contribution in [3.8, 4) is 11.5 Å².